The average molecular weight is 289 g/mol. The summed E-state index contributed by atoms with van der Waals surface area (Å²) in [5.41, 5.74) is 5.80. The molecule has 0 spiro atoms. The van der Waals surface area contributed by atoms with Crippen molar-refractivity contribution in [1.82, 2.24) is 0 Å². The molecule has 0 atom stereocenters. The van der Waals surface area contributed by atoms with Crippen molar-refractivity contribution < 1.29 is 22.3 Å². The number of nitrogens with two attached hydrogens (primary N) is 1. The Morgan fingerprint density at radius 3 is 2.63 bits per heavy atom. The first-order chi connectivity index (χ1) is 8.70. The number of rotatable bonds is 5. The Bertz CT molecular complexity index is 584. The maximum Gasteiger partial charge on any atom is 0.341 e. The summed E-state index contributed by atoms with van der Waals surface area (Å²) in [5, 5.41) is 0. The molecule has 0 heterocycles. The van der Waals surface area contributed by atoms with Crippen LogP contribution >= 0.6 is 0 Å². The van der Waals surface area contributed by atoms with Gasteiger partial charge in [-0.2, -0.15) is 0 Å². The third-order valence-electron chi connectivity index (χ3n) is 2.39. The van der Waals surface area contributed by atoms with Crippen molar-refractivity contribution in [3.8, 4) is 0 Å². The first-order valence-corrected chi connectivity index (χ1v) is 7.67. The van der Waals surface area contributed by atoms with E-state index in [1.807, 2.05) is 0 Å². The summed E-state index contributed by atoms with van der Waals surface area (Å²) in [6.07, 6.45) is 1.27. The standard InChI is InChI=1S/C12H16FNO4S/c1-8-6-9(14)7-10(11(8)13)12(15)18-4-3-5-19(2,16)17/h6-7H,3-5,14H2,1-2H3. The van der Waals surface area contributed by atoms with Gasteiger partial charge in [-0.1, -0.05) is 0 Å². The maximum atomic E-state index is 13.7. The van der Waals surface area contributed by atoms with Gasteiger partial charge in [-0.15, -0.1) is 0 Å². The molecule has 1 aromatic rings. The van der Waals surface area contributed by atoms with Crippen LogP contribution in [0.3, 0.4) is 0 Å². The van der Waals surface area contributed by atoms with Crippen LogP contribution in [0, 0.1) is 12.7 Å². The van der Waals surface area contributed by atoms with E-state index in [2.05, 4.69) is 0 Å². The number of carbonyl (C=O) groups is 1. The molecule has 0 aliphatic rings. The highest BCUT2D eigenvalue weighted by molar-refractivity contribution is 7.90. The Hall–Kier alpha value is -1.63. The summed E-state index contributed by atoms with van der Waals surface area (Å²) in [6, 6.07) is 2.61. The molecule has 0 saturated carbocycles. The second-order valence-corrected chi connectivity index (χ2v) is 6.58. The number of benzene rings is 1. The smallest absolute Gasteiger partial charge is 0.341 e. The van der Waals surface area contributed by atoms with Crippen LogP contribution in [0.25, 0.3) is 0 Å². The topological polar surface area (TPSA) is 86.5 Å². The molecule has 5 nitrogen and oxygen atoms in total. The van der Waals surface area contributed by atoms with Crippen molar-refractivity contribution in [3.05, 3.63) is 29.1 Å². The van der Waals surface area contributed by atoms with Crippen LogP contribution in [-0.4, -0.2) is 33.0 Å². The van der Waals surface area contributed by atoms with Gasteiger partial charge in [0.1, 0.15) is 15.7 Å². The molecular formula is C12H16FNO4S. The summed E-state index contributed by atoms with van der Waals surface area (Å²) >= 11 is 0. The van der Waals surface area contributed by atoms with Crippen molar-refractivity contribution in [2.45, 2.75) is 13.3 Å². The van der Waals surface area contributed by atoms with Gasteiger partial charge in [-0.25, -0.2) is 17.6 Å². The SMILES string of the molecule is Cc1cc(N)cc(C(=O)OCCCS(C)(=O)=O)c1F. The minimum Gasteiger partial charge on any atom is -0.462 e. The molecule has 1 aromatic carbocycles. The molecule has 0 aromatic heterocycles. The molecule has 2 N–H and O–H groups in total. The zero-order valence-electron chi connectivity index (χ0n) is 10.8. The lowest BCUT2D eigenvalue weighted by molar-refractivity contribution is 0.0500. The van der Waals surface area contributed by atoms with Gasteiger partial charge in [0.05, 0.1) is 17.9 Å². The fourth-order valence-corrected chi connectivity index (χ4v) is 2.15. The molecule has 0 saturated heterocycles. The molecule has 0 unspecified atom stereocenters. The summed E-state index contributed by atoms with van der Waals surface area (Å²) in [5.74, 6) is -1.61. The summed E-state index contributed by atoms with van der Waals surface area (Å²) < 4.78 is 40.2. The number of sulfone groups is 1. The largest absolute Gasteiger partial charge is 0.462 e. The maximum absolute atomic E-state index is 13.7. The zero-order chi connectivity index (χ0) is 14.6. The van der Waals surface area contributed by atoms with Crippen LogP contribution in [-0.2, 0) is 14.6 Å². The van der Waals surface area contributed by atoms with E-state index in [0.29, 0.717) is 0 Å². The van der Waals surface area contributed by atoms with E-state index in [-0.39, 0.29) is 35.6 Å². The third-order valence-corrected chi connectivity index (χ3v) is 3.42. The lowest BCUT2D eigenvalue weighted by atomic mass is 10.1. The number of hydrogen-bond acceptors (Lipinski definition) is 5. The number of aryl methyl sites for hydroxylation is 1. The lowest BCUT2D eigenvalue weighted by Gasteiger charge is -2.08. The molecule has 0 aliphatic carbocycles. The Balaban J connectivity index is 2.64. The quantitative estimate of drug-likeness (QED) is 0.501. The summed E-state index contributed by atoms with van der Waals surface area (Å²) in [7, 11) is -3.09. The molecule has 0 bridgehead atoms. The first kappa shape index (κ1) is 15.4. The van der Waals surface area contributed by atoms with Crippen LogP contribution in [0.4, 0.5) is 10.1 Å². The van der Waals surface area contributed by atoms with Gasteiger partial charge in [-0.05, 0) is 31.0 Å². The number of halogens is 1. The predicted octanol–water partition coefficient (Wildman–Crippen LogP) is 1.31. The third kappa shape index (κ3) is 4.86. The van der Waals surface area contributed by atoms with Crippen molar-refractivity contribution >= 4 is 21.5 Å². The van der Waals surface area contributed by atoms with Crippen LogP contribution in [0.1, 0.15) is 22.3 Å². The lowest BCUT2D eigenvalue weighted by Crippen LogP contribution is -2.13. The van der Waals surface area contributed by atoms with Crippen LogP contribution in [0.15, 0.2) is 12.1 Å². The zero-order valence-corrected chi connectivity index (χ0v) is 11.6. The molecule has 7 heteroatoms. The van der Waals surface area contributed by atoms with E-state index < -0.39 is 21.6 Å². The van der Waals surface area contributed by atoms with E-state index >= 15 is 0 Å². The van der Waals surface area contributed by atoms with E-state index in [1.165, 1.54) is 19.1 Å². The van der Waals surface area contributed by atoms with Gasteiger partial charge >= 0.3 is 5.97 Å². The molecule has 0 amide bonds. The van der Waals surface area contributed by atoms with Crippen LogP contribution in [0.2, 0.25) is 0 Å². The monoisotopic (exact) mass is 289 g/mol. The van der Waals surface area contributed by atoms with E-state index in [9.17, 15) is 17.6 Å². The van der Waals surface area contributed by atoms with Gasteiger partial charge < -0.3 is 10.5 Å². The minimum atomic E-state index is -3.09. The molecule has 0 fully saturated rings. The fourth-order valence-electron chi connectivity index (χ4n) is 1.51. The Morgan fingerprint density at radius 2 is 2.05 bits per heavy atom. The Morgan fingerprint density at radius 1 is 1.42 bits per heavy atom. The van der Waals surface area contributed by atoms with E-state index in [1.54, 1.807) is 0 Å². The van der Waals surface area contributed by atoms with Crippen LogP contribution < -0.4 is 5.73 Å². The van der Waals surface area contributed by atoms with Crippen molar-refractivity contribution in [3.63, 3.8) is 0 Å². The molecular weight excluding hydrogens is 273 g/mol. The molecule has 106 valence electrons. The van der Waals surface area contributed by atoms with Gasteiger partial charge in [0, 0.05) is 11.9 Å². The normalized spacial score (nSPS) is 11.3. The highest BCUT2D eigenvalue weighted by atomic mass is 32.2. The number of esters is 1. The number of ether oxygens (including phenoxy) is 1. The second kappa shape index (κ2) is 6.01. The molecule has 0 radical (unpaired) electrons. The van der Waals surface area contributed by atoms with Crippen LogP contribution in [0.5, 0.6) is 0 Å². The van der Waals surface area contributed by atoms with Crippen molar-refractivity contribution in [1.29, 1.82) is 0 Å². The van der Waals surface area contributed by atoms with Gasteiger partial charge in [0.2, 0.25) is 0 Å². The molecule has 1 rings (SSSR count). The first-order valence-electron chi connectivity index (χ1n) is 5.61. The number of carbonyl (C=O) groups excluding carboxylic acids is 1. The molecule has 19 heavy (non-hydrogen) atoms. The molecule has 0 aliphatic heterocycles. The van der Waals surface area contributed by atoms with E-state index in [0.717, 1.165) is 6.26 Å². The Labute approximate surface area is 111 Å². The second-order valence-electron chi connectivity index (χ2n) is 4.32. The highest BCUT2D eigenvalue weighted by Gasteiger charge is 2.16. The average Bonchev–Trinajstić information content (AvgIpc) is 2.27. The van der Waals surface area contributed by atoms with Crippen molar-refractivity contribution in [2.75, 3.05) is 24.3 Å². The highest BCUT2D eigenvalue weighted by Crippen LogP contribution is 2.18. The van der Waals surface area contributed by atoms with Gasteiger partial charge in [0.15, 0.2) is 0 Å². The number of hydrogen-bond donors (Lipinski definition) is 1. The van der Waals surface area contributed by atoms with E-state index in [4.69, 9.17) is 10.5 Å². The van der Waals surface area contributed by atoms with Gasteiger partial charge in [-0.3, -0.25) is 0 Å². The van der Waals surface area contributed by atoms with Gasteiger partial charge in [0.25, 0.3) is 0 Å². The summed E-state index contributed by atoms with van der Waals surface area (Å²) in [4.78, 5) is 11.6. The summed E-state index contributed by atoms with van der Waals surface area (Å²) in [6.45, 7) is 1.41. The number of nitrogen functional groups attached to an aromatic ring is 1. The number of anilines is 1. The van der Waals surface area contributed by atoms with Crippen molar-refractivity contribution in [2.24, 2.45) is 0 Å². The predicted molar refractivity (Wildman–Crippen MR) is 70.2 cm³/mol. The Kier molecular flexibility index (Phi) is 4.88. The fraction of sp³-hybridized carbons (Fsp3) is 0.417. The minimum absolute atomic E-state index is 0.0841.